The third-order valence-electron chi connectivity index (χ3n) is 2.41. The van der Waals surface area contributed by atoms with Crippen LogP contribution in [0.1, 0.15) is 17.5 Å². The highest BCUT2D eigenvalue weighted by Gasteiger charge is 2.20. The van der Waals surface area contributed by atoms with Gasteiger partial charge in [0.2, 0.25) is 5.91 Å². The van der Waals surface area contributed by atoms with Crippen molar-refractivity contribution in [1.29, 1.82) is 0 Å². The topological polar surface area (TPSA) is 46.2 Å². The number of aldehydes is 1. The highest BCUT2D eigenvalue weighted by atomic mass is 35.5. The molecule has 1 aromatic rings. The van der Waals surface area contributed by atoms with Crippen LogP contribution in [0, 0.1) is 0 Å². The molecule has 2 rings (SSSR count). The Kier molecular flexibility index (Phi) is 2.73. The SMILES string of the molecule is O=CCCc1cc(Cl)cc2c1NC(=O)C2. The summed E-state index contributed by atoms with van der Waals surface area (Å²) in [6, 6.07) is 3.59. The molecule has 0 aromatic heterocycles. The number of benzene rings is 1. The summed E-state index contributed by atoms with van der Waals surface area (Å²) in [4.78, 5) is 21.5. The lowest BCUT2D eigenvalue weighted by Crippen LogP contribution is -2.05. The summed E-state index contributed by atoms with van der Waals surface area (Å²) in [6.45, 7) is 0. The van der Waals surface area contributed by atoms with Crippen LogP contribution in [0.2, 0.25) is 5.02 Å². The molecular weight excluding hydrogens is 214 g/mol. The first-order chi connectivity index (χ1) is 7.20. The second kappa shape index (κ2) is 4.03. The molecule has 0 spiro atoms. The molecule has 0 saturated carbocycles. The number of fused-ring (bicyclic) bond motifs is 1. The number of hydrogen-bond donors (Lipinski definition) is 1. The summed E-state index contributed by atoms with van der Waals surface area (Å²) in [5.74, 6) is -0.0142. The van der Waals surface area contributed by atoms with Gasteiger partial charge in [-0.1, -0.05) is 11.6 Å². The third-order valence-corrected chi connectivity index (χ3v) is 2.63. The van der Waals surface area contributed by atoms with Crippen molar-refractivity contribution in [3.8, 4) is 0 Å². The van der Waals surface area contributed by atoms with E-state index in [4.69, 9.17) is 11.6 Å². The van der Waals surface area contributed by atoms with E-state index in [-0.39, 0.29) is 5.91 Å². The molecular formula is C11H10ClNO2. The fraction of sp³-hybridized carbons (Fsp3) is 0.273. The first kappa shape index (κ1) is 10.2. The molecule has 0 bridgehead atoms. The molecule has 0 saturated heterocycles. The van der Waals surface area contributed by atoms with E-state index in [1.54, 1.807) is 12.1 Å². The van der Waals surface area contributed by atoms with Crippen LogP contribution in [0.5, 0.6) is 0 Å². The molecule has 1 aliphatic rings. The predicted octanol–water partition coefficient (Wildman–Crippen LogP) is 1.97. The number of amides is 1. The summed E-state index contributed by atoms with van der Waals surface area (Å²) in [5, 5.41) is 3.41. The van der Waals surface area contributed by atoms with E-state index in [1.165, 1.54) is 0 Å². The van der Waals surface area contributed by atoms with Gasteiger partial charge in [0.15, 0.2) is 0 Å². The summed E-state index contributed by atoms with van der Waals surface area (Å²) in [7, 11) is 0. The first-order valence-corrected chi connectivity index (χ1v) is 5.13. The van der Waals surface area contributed by atoms with E-state index in [2.05, 4.69) is 5.32 Å². The Labute approximate surface area is 92.4 Å². The van der Waals surface area contributed by atoms with Gasteiger partial charge in [-0.2, -0.15) is 0 Å². The lowest BCUT2D eigenvalue weighted by molar-refractivity contribution is -0.115. The van der Waals surface area contributed by atoms with Gasteiger partial charge in [-0.25, -0.2) is 0 Å². The van der Waals surface area contributed by atoms with Gasteiger partial charge in [0.25, 0.3) is 0 Å². The fourth-order valence-corrected chi connectivity index (χ4v) is 2.06. The molecule has 1 aromatic carbocycles. The van der Waals surface area contributed by atoms with E-state index in [0.717, 1.165) is 23.1 Å². The Morgan fingerprint density at radius 1 is 1.47 bits per heavy atom. The minimum absolute atomic E-state index is 0.0142. The average Bonchev–Trinajstić information content (AvgIpc) is 2.54. The molecule has 0 fully saturated rings. The van der Waals surface area contributed by atoms with Crippen LogP contribution < -0.4 is 5.32 Å². The Morgan fingerprint density at radius 3 is 3.00 bits per heavy atom. The number of carbonyl (C=O) groups is 2. The van der Waals surface area contributed by atoms with Crippen molar-refractivity contribution < 1.29 is 9.59 Å². The zero-order chi connectivity index (χ0) is 10.8. The summed E-state index contributed by atoms with van der Waals surface area (Å²) >= 11 is 5.93. The Hall–Kier alpha value is -1.35. The third kappa shape index (κ3) is 2.02. The lowest BCUT2D eigenvalue weighted by Gasteiger charge is -2.07. The maximum Gasteiger partial charge on any atom is 0.228 e. The zero-order valence-electron chi connectivity index (χ0n) is 8.05. The normalized spacial score (nSPS) is 13.5. The van der Waals surface area contributed by atoms with Crippen molar-refractivity contribution >= 4 is 29.5 Å². The smallest absolute Gasteiger partial charge is 0.228 e. The predicted molar refractivity (Wildman–Crippen MR) is 58.2 cm³/mol. The summed E-state index contributed by atoms with van der Waals surface area (Å²) < 4.78 is 0. The highest BCUT2D eigenvalue weighted by molar-refractivity contribution is 6.31. The van der Waals surface area contributed by atoms with E-state index < -0.39 is 0 Å². The standard InChI is InChI=1S/C11H10ClNO2/c12-9-4-7(2-1-3-14)11-8(5-9)6-10(15)13-11/h3-5H,1-2,6H2,(H,13,15). The maximum atomic E-state index is 11.2. The minimum atomic E-state index is -0.0142. The lowest BCUT2D eigenvalue weighted by atomic mass is 10.0. The molecule has 4 heteroatoms. The van der Waals surface area contributed by atoms with E-state index in [0.29, 0.717) is 24.3 Å². The number of nitrogens with one attached hydrogen (secondary N) is 1. The number of carbonyl (C=O) groups excluding carboxylic acids is 2. The van der Waals surface area contributed by atoms with Crippen molar-refractivity contribution in [1.82, 2.24) is 0 Å². The molecule has 78 valence electrons. The van der Waals surface area contributed by atoms with Crippen LogP contribution >= 0.6 is 11.6 Å². The molecule has 1 amide bonds. The highest BCUT2D eigenvalue weighted by Crippen LogP contribution is 2.31. The molecule has 0 aliphatic carbocycles. The molecule has 0 unspecified atom stereocenters. The van der Waals surface area contributed by atoms with Gasteiger partial charge in [-0.15, -0.1) is 0 Å². The van der Waals surface area contributed by atoms with Crippen molar-refractivity contribution in [2.24, 2.45) is 0 Å². The van der Waals surface area contributed by atoms with Crippen LogP contribution in [0.25, 0.3) is 0 Å². The second-order valence-electron chi connectivity index (χ2n) is 3.53. The maximum absolute atomic E-state index is 11.2. The molecule has 0 radical (unpaired) electrons. The molecule has 1 N–H and O–H groups in total. The summed E-state index contributed by atoms with van der Waals surface area (Å²) in [6.07, 6.45) is 2.31. The van der Waals surface area contributed by atoms with Gasteiger partial charge in [-0.05, 0) is 29.7 Å². The number of rotatable bonds is 3. The number of aryl methyl sites for hydroxylation is 1. The van der Waals surface area contributed by atoms with E-state index in [9.17, 15) is 9.59 Å². The first-order valence-electron chi connectivity index (χ1n) is 4.75. The Morgan fingerprint density at radius 2 is 2.27 bits per heavy atom. The van der Waals surface area contributed by atoms with Gasteiger partial charge in [-0.3, -0.25) is 4.79 Å². The van der Waals surface area contributed by atoms with Crippen molar-refractivity contribution in [3.63, 3.8) is 0 Å². The largest absolute Gasteiger partial charge is 0.325 e. The van der Waals surface area contributed by atoms with Crippen LogP contribution in [0.4, 0.5) is 5.69 Å². The second-order valence-corrected chi connectivity index (χ2v) is 3.97. The molecule has 3 nitrogen and oxygen atoms in total. The molecule has 15 heavy (non-hydrogen) atoms. The quantitative estimate of drug-likeness (QED) is 0.797. The zero-order valence-corrected chi connectivity index (χ0v) is 8.80. The summed E-state index contributed by atoms with van der Waals surface area (Å²) in [5.41, 5.74) is 2.70. The minimum Gasteiger partial charge on any atom is -0.325 e. The van der Waals surface area contributed by atoms with Gasteiger partial charge < -0.3 is 10.1 Å². The number of anilines is 1. The van der Waals surface area contributed by atoms with E-state index in [1.807, 2.05) is 0 Å². The Balaban J connectivity index is 2.37. The van der Waals surface area contributed by atoms with Crippen LogP contribution in [0.3, 0.4) is 0 Å². The monoisotopic (exact) mass is 223 g/mol. The van der Waals surface area contributed by atoms with E-state index >= 15 is 0 Å². The van der Waals surface area contributed by atoms with Crippen LogP contribution in [-0.4, -0.2) is 12.2 Å². The van der Waals surface area contributed by atoms with Gasteiger partial charge in [0, 0.05) is 17.1 Å². The van der Waals surface area contributed by atoms with Crippen molar-refractivity contribution in [2.75, 3.05) is 5.32 Å². The van der Waals surface area contributed by atoms with Gasteiger partial charge in [0.05, 0.1) is 6.42 Å². The van der Waals surface area contributed by atoms with Crippen molar-refractivity contribution in [3.05, 3.63) is 28.3 Å². The molecule has 1 aliphatic heterocycles. The fourth-order valence-electron chi connectivity index (χ4n) is 1.79. The van der Waals surface area contributed by atoms with Crippen LogP contribution in [-0.2, 0) is 22.4 Å². The average molecular weight is 224 g/mol. The Bertz CT molecular complexity index is 429. The van der Waals surface area contributed by atoms with Crippen LogP contribution in [0.15, 0.2) is 12.1 Å². The van der Waals surface area contributed by atoms with Gasteiger partial charge >= 0.3 is 0 Å². The number of halogens is 1. The number of hydrogen-bond acceptors (Lipinski definition) is 2. The molecule has 0 atom stereocenters. The molecule has 1 heterocycles. The van der Waals surface area contributed by atoms with Crippen molar-refractivity contribution in [2.45, 2.75) is 19.3 Å². The van der Waals surface area contributed by atoms with Gasteiger partial charge in [0.1, 0.15) is 6.29 Å².